The number of carbonyl (C=O) groups is 1. The van der Waals surface area contributed by atoms with Crippen LogP contribution in [-0.2, 0) is 4.79 Å². The highest BCUT2D eigenvalue weighted by molar-refractivity contribution is 9.10. The summed E-state index contributed by atoms with van der Waals surface area (Å²) < 4.78 is 7.83. The molecule has 0 radical (unpaired) electrons. The predicted octanol–water partition coefficient (Wildman–Crippen LogP) is 4.89. The maximum Gasteiger partial charge on any atom is 0.266 e. The highest BCUT2D eigenvalue weighted by atomic mass is 79.9. The number of methoxy groups -OCH3 is 1. The van der Waals surface area contributed by atoms with Gasteiger partial charge < -0.3 is 10.1 Å². The van der Waals surface area contributed by atoms with Gasteiger partial charge in [-0.25, -0.2) is 4.98 Å². The van der Waals surface area contributed by atoms with Crippen molar-refractivity contribution in [2.45, 2.75) is 5.16 Å². The zero-order chi connectivity index (χ0) is 21.8. The Morgan fingerprint density at radius 3 is 2.68 bits per heavy atom. The van der Waals surface area contributed by atoms with Gasteiger partial charge in [0, 0.05) is 10.2 Å². The molecule has 0 aliphatic heterocycles. The van der Waals surface area contributed by atoms with Gasteiger partial charge >= 0.3 is 0 Å². The number of nitrogens with one attached hydrogen (secondary N) is 1. The molecule has 31 heavy (non-hydrogen) atoms. The van der Waals surface area contributed by atoms with Crippen LogP contribution in [0.1, 0.15) is 0 Å². The summed E-state index contributed by atoms with van der Waals surface area (Å²) >= 11 is 4.59. The summed E-state index contributed by atoms with van der Waals surface area (Å²) in [4.78, 5) is 30.5. The number of rotatable bonds is 6. The van der Waals surface area contributed by atoms with E-state index in [0.717, 1.165) is 4.47 Å². The topological polar surface area (TPSA) is 73.2 Å². The van der Waals surface area contributed by atoms with E-state index in [2.05, 4.69) is 26.2 Å². The van der Waals surface area contributed by atoms with Crippen LogP contribution in [0.15, 0.2) is 87.2 Å². The number of nitrogens with zero attached hydrogens (tertiary/aromatic N) is 2. The molecule has 1 amide bonds. The summed E-state index contributed by atoms with van der Waals surface area (Å²) in [6.45, 7) is 0. The number of halogens is 1. The third-order valence-corrected chi connectivity index (χ3v) is 5.94. The second kappa shape index (κ2) is 9.36. The Bertz CT molecular complexity index is 1320. The van der Waals surface area contributed by atoms with Crippen LogP contribution in [0.2, 0.25) is 0 Å². The van der Waals surface area contributed by atoms with E-state index in [1.54, 1.807) is 37.4 Å². The third-order valence-electron chi connectivity index (χ3n) is 4.51. The molecule has 8 heteroatoms. The molecule has 0 saturated heterocycles. The Kier molecular flexibility index (Phi) is 6.39. The molecule has 1 aromatic heterocycles. The molecule has 0 spiro atoms. The largest absolute Gasteiger partial charge is 0.495 e. The van der Waals surface area contributed by atoms with E-state index >= 15 is 0 Å². The highest BCUT2D eigenvalue weighted by Gasteiger charge is 2.17. The molecule has 0 atom stereocenters. The number of hydrogen-bond acceptors (Lipinski definition) is 5. The summed E-state index contributed by atoms with van der Waals surface area (Å²) in [5.41, 5.74) is 1.62. The fraction of sp³-hybridized carbons (Fsp3) is 0.0870. The molecule has 1 heterocycles. The van der Waals surface area contributed by atoms with Crippen molar-refractivity contribution in [3.05, 3.63) is 87.6 Å². The molecular formula is C23H18BrN3O3S. The summed E-state index contributed by atoms with van der Waals surface area (Å²) in [5.74, 6) is 0.436. The first-order chi connectivity index (χ1) is 15.1. The number of amides is 1. The average Bonchev–Trinajstić information content (AvgIpc) is 2.78. The van der Waals surface area contributed by atoms with Crippen molar-refractivity contribution in [3.63, 3.8) is 0 Å². The molecule has 0 unspecified atom stereocenters. The number of fused-ring (bicyclic) bond motifs is 1. The number of carbonyl (C=O) groups excluding carboxylic acids is 1. The second-order valence-corrected chi connectivity index (χ2v) is 8.43. The van der Waals surface area contributed by atoms with Gasteiger partial charge in [0.05, 0.1) is 29.5 Å². The van der Waals surface area contributed by atoms with Gasteiger partial charge in [-0.05, 0) is 42.5 Å². The molecule has 6 nitrogen and oxygen atoms in total. The Labute approximate surface area is 191 Å². The third kappa shape index (κ3) is 4.65. The van der Waals surface area contributed by atoms with E-state index in [4.69, 9.17) is 4.74 Å². The SMILES string of the molecule is COc1ccccc1-n1c(SCC(=O)Nc2cccc(Br)c2)nc2ccccc2c1=O. The number of benzene rings is 3. The lowest BCUT2D eigenvalue weighted by atomic mass is 10.2. The number of hydrogen-bond donors (Lipinski definition) is 1. The zero-order valence-corrected chi connectivity index (χ0v) is 18.9. The van der Waals surface area contributed by atoms with Crippen LogP contribution in [0, 0.1) is 0 Å². The zero-order valence-electron chi connectivity index (χ0n) is 16.5. The molecular weight excluding hydrogens is 478 g/mol. The molecule has 4 rings (SSSR count). The van der Waals surface area contributed by atoms with Crippen molar-refractivity contribution in [2.75, 3.05) is 18.2 Å². The molecule has 0 fully saturated rings. The lowest BCUT2D eigenvalue weighted by Crippen LogP contribution is -2.23. The van der Waals surface area contributed by atoms with E-state index in [0.29, 0.717) is 33.2 Å². The minimum atomic E-state index is -0.218. The predicted molar refractivity (Wildman–Crippen MR) is 127 cm³/mol. The first-order valence-electron chi connectivity index (χ1n) is 9.40. The van der Waals surface area contributed by atoms with Crippen LogP contribution < -0.4 is 15.6 Å². The Balaban J connectivity index is 1.71. The summed E-state index contributed by atoms with van der Waals surface area (Å²) in [7, 11) is 1.55. The van der Waals surface area contributed by atoms with Gasteiger partial charge in [-0.1, -0.05) is 58.0 Å². The first-order valence-corrected chi connectivity index (χ1v) is 11.2. The Morgan fingerprint density at radius 2 is 1.87 bits per heavy atom. The molecule has 156 valence electrons. The van der Waals surface area contributed by atoms with Gasteiger partial charge in [-0.15, -0.1) is 0 Å². The molecule has 0 aliphatic carbocycles. The first kappa shape index (κ1) is 21.1. The van der Waals surface area contributed by atoms with Crippen LogP contribution >= 0.6 is 27.7 Å². The van der Waals surface area contributed by atoms with Gasteiger partial charge in [0.25, 0.3) is 5.56 Å². The smallest absolute Gasteiger partial charge is 0.266 e. The van der Waals surface area contributed by atoms with Gasteiger partial charge in [-0.3, -0.25) is 14.2 Å². The van der Waals surface area contributed by atoms with Crippen molar-refractivity contribution in [2.24, 2.45) is 0 Å². The maximum absolute atomic E-state index is 13.3. The minimum absolute atomic E-state index is 0.0897. The molecule has 3 aromatic carbocycles. The fourth-order valence-electron chi connectivity index (χ4n) is 3.13. The van der Waals surface area contributed by atoms with Crippen molar-refractivity contribution in [3.8, 4) is 11.4 Å². The van der Waals surface area contributed by atoms with Gasteiger partial charge in [0.1, 0.15) is 5.75 Å². The fourth-order valence-corrected chi connectivity index (χ4v) is 4.33. The van der Waals surface area contributed by atoms with Crippen molar-refractivity contribution in [1.82, 2.24) is 9.55 Å². The average molecular weight is 496 g/mol. The molecule has 0 bridgehead atoms. The summed E-state index contributed by atoms with van der Waals surface area (Å²) in [6, 6.07) is 21.8. The second-order valence-electron chi connectivity index (χ2n) is 6.57. The van der Waals surface area contributed by atoms with E-state index in [-0.39, 0.29) is 17.2 Å². The number of aromatic nitrogens is 2. The molecule has 0 aliphatic rings. The van der Waals surface area contributed by atoms with Crippen LogP contribution in [0.25, 0.3) is 16.6 Å². The van der Waals surface area contributed by atoms with Gasteiger partial charge in [0.2, 0.25) is 5.91 Å². The van der Waals surface area contributed by atoms with Gasteiger partial charge in [0.15, 0.2) is 5.16 Å². The standard InChI is InChI=1S/C23H18BrN3O3S/c1-30-20-12-5-4-11-19(20)27-22(29)17-9-2-3-10-18(17)26-23(27)31-14-21(28)25-16-8-6-7-15(24)13-16/h2-13H,14H2,1H3,(H,25,28). The molecule has 4 aromatic rings. The summed E-state index contributed by atoms with van der Waals surface area (Å²) in [5, 5.41) is 3.77. The number of ether oxygens (including phenoxy) is 1. The van der Waals surface area contributed by atoms with Crippen LogP contribution in [0.3, 0.4) is 0 Å². The lowest BCUT2D eigenvalue weighted by Gasteiger charge is -2.15. The van der Waals surface area contributed by atoms with E-state index in [9.17, 15) is 9.59 Å². The van der Waals surface area contributed by atoms with Crippen LogP contribution in [-0.4, -0.2) is 28.3 Å². The minimum Gasteiger partial charge on any atom is -0.495 e. The van der Waals surface area contributed by atoms with E-state index in [1.807, 2.05) is 42.5 Å². The quantitative estimate of drug-likeness (QED) is 0.304. The summed E-state index contributed by atoms with van der Waals surface area (Å²) in [6.07, 6.45) is 0. The number of thioether (sulfide) groups is 1. The number of anilines is 1. The van der Waals surface area contributed by atoms with Crippen LogP contribution in [0.4, 0.5) is 5.69 Å². The monoisotopic (exact) mass is 495 g/mol. The Morgan fingerprint density at radius 1 is 1.10 bits per heavy atom. The van der Waals surface area contributed by atoms with Crippen LogP contribution in [0.5, 0.6) is 5.75 Å². The lowest BCUT2D eigenvalue weighted by molar-refractivity contribution is -0.113. The molecule has 0 saturated carbocycles. The van der Waals surface area contributed by atoms with Crippen molar-refractivity contribution >= 4 is 50.2 Å². The normalized spacial score (nSPS) is 10.8. The maximum atomic E-state index is 13.3. The Hall–Kier alpha value is -3.10. The number of para-hydroxylation sites is 3. The van der Waals surface area contributed by atoms with Gasteiger partial charge in [-0.2, -0.15) is 0 Å². The van der Waals surface area contributed by atoms with Crippen molar-refractivity contribution < 1.29 is 9.53 Å². The van der Waals surface area contributed by atoms with E-state index < -0.39 is 0 Å². The highest BCUT2D eigenvalue weighted by Crippen LogP contribution is 2.27. The molecule has 1 N–H and O–H groups in total. The van der Waals surface area contributed by atoms with E-state index in [1.165, 1.54) is 16.3 Å². The van der Waals surface area contributed by atoms with Crippen molar-refractivity contribution in [1.29, 1.82) is 0 Å².